The maximum absolute atomic E-state index is 10.7. The summed E-state index contributed by atoms with van der Waals surface area (Å²) >= 11 is 0. The van der Waals surface area contributed by atoms with Gasteiger partial charge in [0.15, 0.2) is 0 Å². The number of carbonyl (C=O) groups is 3. The molecule has 0 heterocycles. The lowest BCUT2D eigenvalue weighted by Crippen LogP contribution is -2.75. The smallest absolute Gasteiger partial charge is 0.120 e. The molecule has 22 heavy (non-hydrogen) atoms. The standard InChI is InChI=1S/C15H30N4O3/c1-13(16,7-4-10-20)19(14(2,17)8-5-11-21)15(3,18)9-6-12-22/h10-12H,4-9,16-18H2,1-3H3. The monoisotopic (exact) mass is 314 g/mol. The second-order valence-electron chi connectivity index (χ2n) is 6.52. The largest absolute Gasteiger partial charge is 0.313 e. The Labute approximate surface area is 132 Å². The first-order valence-electron chi connectivity index (χ1n) is 7.53. The zero-order valence-corrected chi connectivity index (χ0v) is 13.9. The summed E-state index contributed by atoms with van der Waals surface area (Å²) in [6.07, 6.45) is 4.32. The molecule has 7 heteroatoms. The fourth-order valence-corrected chi connectivity index (χ4v) is 3.14. The molecule has 0 radical (unpaired) electrons. The number of aldehydes is 3. The fourth-order valence-electron chi connectivity index (χ4n) is 3.14. The number of nitrogens with two attached hydrogens (primary N) is 3. The van der Waals surface area contributed by atoms with Crippen LogP contribution in [0.3, 0.4) is 0 Å². The summed E-state index contributed by atoms with van der Waals surface area (Å²) in [4.78, 5) is 33.8. The third-order valence-electron chi connectivity index (χ3n) is 3.84. The van der Waals surface area contributed by atoms with E-state index in [1.54, 1.807) is 25.7 Å². The van der Waals surface area contributed by atoms with Crippen LogP contribution in [0.25, 0.3) is 0 Å². The molecule has 0 aliphatic heterocycles. The predicted octanol–water partition coefficient (Wildman–Crippen LogP) is 0.250. The van der Waals surface area contributed by atoms with E-state index < -0.39 is 17.0 Å². The van der Waals surface area contributed by atoms with E-state index in [9.17, 15) is 14.4 Å². The van der Waals surface area contributed by atoms with Gasteiger partial charge in [-0.15, -0.1) is 0 Å². The third-order valence-corrected chi connectivity index (χ3v) is 3.84. The van der Waals surface area contributed by atoms with Crippen LogP contribution in [-0.4, -0.2) is 40.7 Å². The summed E-state index contributed by atoms with van der Waals surface area (Å²) in [6.45, 7) is 5.28. The maximum atomic E-state index is 10.7. The molecule has 0 saturated heterocycles. The zero-order chi connectivity index (χ0) is 17.4. The lowest BCUT2D eigenvalue weighted by atomic mass is 9.90. The minimum atomic E-state index is -0.945. The maximum Gasteiger partial charge on any atom is 0.120 e. The first-order valence-corrected chi connectivity index (χ1v) is 7.53. The van der Waals surface area contributed by atoms with Crippen molar-refractivity contribution in [3.8, 4) is 0 Å². The summed E-state index contributed by atoms with van der Waals surface area (Å²) in [7, 11) is 0. The van der Waals surface area contributed by atoms with Crippen LogP contribution in [0.4, 0.5) is 0 Å². The van der Waals surface area contributed by atoms with Crippen LogP contribution < -0.4 is 17.2 Å². The van der Waals surface area contributed by atoms with Crippen molar-refractivity contribution in [1.29, 1.82) is 0 Å². The van der Waals surface area contributed by atoms with Crippen LogP contribution in [0.2, 0.25) is 0 Å². The highest BCUT2D eigenvalue weighted by Gasteiger charge is 2.46. The predicted molar refractivity (Wildman–Crippen MR) is 85.5 cm³/mol. The van der Waals surface area contributed by atoms with Crippen molar-refractivity contribution in [2.75, 3.05) is 0 Å². The SMILES string of the molecule is CC(N)(CCC=O)N(C(C)(N)CCC=O)C(C)(N)CCC=O. The molecule has 3 atom stereocenters. The van der Waals surface area contributed by atoms with Gasteiger partial charge in [-0.25, -0.2) is 0 Å². The molecule has 0 aromatic carbocycles. The van der Waals surface area contributed by atoms with Crippen LogP contribution in [0.15, 0.2) is 0 Å². The van der Waals surface area contributed by atoms with Crippen molar-refractivity contribution >= 4 is 18.9 Å². The Bertz CT molecular complexity index is 324. The number of hydrogen-bond donors (Lipinski definition) is 3. The Kier molecular flexibility index (Phi) is 8.03. The molecular weight excluding hydrogens is 284 g/mol. The van der Waals surface area contributed by atoms with Crippen molar-refractivity contribution in [1.82, 2.24) is 4.90 Å². The first-order chi connectivity index (χ1) is 10.0. The van der Waals surface area contributed by atoms with Gasteiger partial charge in [0.1, 0.15) is 18.9 Å². The molecule has 3 unspecified atom stereocenters. The van der Waals surface area contributed by atoms with E-state index in [1.165, 1.54) is 0 Å². The second-order valence-corrected chi connectivity index (χ2v) is 6.52. The number of nitrogens with zero attached hydrogens (tertiary/aromatic N) is 1. The van der Waals surface area contributed by atoms with Crippen LogP contribution in [0.5, 0.6) is 0 Å². The molecule has 0 fully saturated rings. The second kappa shape index (κ2) is 8.47. The lowest BCUT2D eigenvalue weighted by molar-refractivity contribution is -0.117. The van der Waals surface area contributed by atoms with Gasteiger partial charge in [0.25, 0.3) is 0 Å². The molecule has 0 spiro atoms. The fraction of sp³-hybridized carbons (Fsp3) is 0.800. The molecule has 0 aromatic heterocycles. The number of hydrogen-bond acceptors (Lipinski definition) is 7. The molecule has 0 rings (SSSR count). The Morgan fingerprint density at radius 3 is 1.09 bits per heavy atom. The van der Waals surface area contributed by atoms with E-state index in [1.807, 2.05) is 0 Å². The van der Waals surface area contributed by atoms with Crippen molar-refractivity contribution in [2.24, 2.45) is 17.2 Å². The molecule has 0 saturated carbocycles. The van der Waals surface area contributed by atoms with Crippen molar-refractivity contribution in [3.63, 3.8) is 0 Å². The van der Waals surface area contributed by atoms with Crippen molar-refractivity contribution in [2.45, 2.75) is 76.3 Å². The lowest BCUT2D eigenvalue weighted by Gasteiger charge is -2.55. The van der Waals surface area contributed by atoms with Gasteiger partial charge in [-0.05, 0) is 40.0 Å². The normalized spacial score (nSPS) is 19.8. The number of carbonyl (C=O) groups excluding carboxylic acids is 3. The van der Waals surface area contributed by atoms with Crippen LogP contribution in [-0.2, 0) is 14.4 Å². The minimum Gasteiger partial charge on any atom is -0.313 e. The summed E-state index contributed by atoms with van der Waals surface area (Å²) < 4.78 is 0. The molecule has 7 nitrogen and oxygen atoms in total. The molecule has 0 aromatic rings. The molecule has 0 amide bonds. The molecule has 0 bridgehead atoms. The quantitative estimate of drug-likeness (QED) is 0.347. The van der Waals surface area contributed by atoms with Gasteiger partial charge in [-0.1, -0.05) is 0 Å². The van der Waals surface area contributed by atoms with Crippen molar-refractivity contribution < 1.29 is 14.4 Å². The van der Waals surface area contributed by atoms with E-state index in [2.05, 4.69) is 0 Å². The molecule has 0 aliphatic rings. The van der Waals surface area contributed by atoms with Gasteiger partial charge in [-0.2, -0.15) is 0 Å². The molecule has 128 valence electrons. The zero-order valence-electron chi connectivity index (χ0n) is 13.9. The topological polar surface area (TPSA) is 133 Å². The highest BCUT2D eigenvalue weighted by atomic mass is 16.1. The van der Waals surface area contributed by atoms with Crippen molar-refractivity contribution in [3.05, 3.63) is 0 Å². The van der Waals surface area contributed by atoms with E-state index in [0.29, 0.717) is 19.3 Å². The molecule has 6 N–H and O–H groups in total. The van der Waals surface area contributed by atoms with E-state index in [4.69, 9.17) is 17.2 Å². The Morgan fingerprint density at radius 1 is 0.682 bits per heavy atom. The Balaban J connectivity index is 5.59. The summed E-state index contributed by atoms with van der Waals surface area (Å²) in [5, 5.41) is 0. The van der Waals surface area contributed by atoms with Gasteiger partial charge >= 0.3 is 0 Å². The van der Waals surface area contributed by atoms with Crippen LogP contribution >= 0.6 is 0 Å². The average Bonchev–Trinajstić information content (AvgIpc) is 2.39. The van der Waals surface area contributed by atoms with Gasteiger partial charge < -0.3 is 31.6 Å². The molecule has 0 aliphatic carbocycles. The number of rotatable bonds is 12. The first kappa shape index (κ1) is 20.9. The minimum absolute atomic E-state index is 0.275. The average molecular weight is 314 g/mol. The van der Waals surface area contributed by atoms with E-state index >= 15 is 0 Å². The highest BCUT2D eigenvalue weighted by molar-refractivity contribution is 5.50. The Hall–Kier alpha value is -1.15. The van der Waals surface area contributed by atoms with Crippen LogP contribution in [0.1, 0.15) is 59.3 Å². The summed E-state index contributed by atoms with van der Waals surface area (Å²) in [5.74, 6) is 0. The van der Waals surface area contributed by atoms with E-state index in [-0.39, 0.29) is 19.3 Å². The Morgan fingerprint density at radius 2 is 0.909 bits per heavy atom. The van der Waals surface area contributed by atoms with E-state index in [0.717, 1.165) is 18.9 Å². The third kappa shape index (κ3) is 5.92. The highest BCUT2D eigenvalue weighted by Crippen LogP contribution is 2.33. The summed E-state index contributed by atoms with van der Waals surface area (Å²) in [6, 6.07) is 0. The molecular formula is C15H30N4O3. The van der Waals surface area contributed by atoms with Gasteiger partial charge in [-0.3, -0.25) is 4.90 Å². The van der Waals surface area contributed by atoms with Gasteiger partial charge in [0.2, 0.25) is 0 Å². The van der Waals surface area contributed by atoms with Crippen LogP contribution in [0, 0.1) is 0 Å². The van der Waals surface area contributed by atoms with Gasteiger partial charge in [0.05, 0.1) is 17.0 Å². The summed E-state index contributed by atoms with van der Waals surface area (Å²) in [5.41, 5.74) is 16.3. The van der Waals surface area contributed by atoms with Gasteiger partial charge in [0, 0.05) is 19.3 Å².